The van der Waals surface area contributed by atoms with Crippen LogP contribution in [0.4, 0.5) is 0 Å². The van der Waals surface area contributed by atoms with E-state index < -0.39 is 0 Å². The van der Waals surface area contributed by atoms with E-state index >= 15 is 0 Å². The summed E-state index contributed by atoms with van der Waals surface area (Å²) in [5.74, 6) is -0.331. The third-order valence-electron chi connectivity index (χ3n) is 2.48. The number of nitrogens with two attached hydrogens (primary N) is 2. The van der Waals surface area contributed by atoms with Gasteiger partial charge in [-0.1, -0.05) is 12.1 Å². The number of esters is 1. The van der Waals surface area contributed by atoms with E-state index in [-0.39, 0.29) is 12.0 Å². The van der Waals surface area contributed by atoms with Crippen molar-refractivity contribution < 1.29 is 9.53 Å². The van der Waals surface area contributed by atoms with Crippen LogP contribution >= 0.6 is 0 Å². The van der Waals surface area contributed by atoms with E-state index in [1.807, 2.05) is 12.1 Å². The summed E-state index contributed by atoms with van der Waals surface area (Å²) in [5, 5.41) is 0. The molecule has 0 saturated heterocycles. The third kappa shape index (κ3) is 3.32. The van der Waals surface area contributed by atoms with E-state index in [2.05, 4.69) is 4.74 Å². The molecule has 0 aromatic heterocycles. The summed E-state index contributed by atoms with van der Waals surface area (Å²) in [6.07, 6.45) is 1.76. The number of carbonyl (C=O) groups is 1. The lowest BCUT2D eigenvalue weighted by Gasteiger charge is -2.11. The van der Waals surface area contributed by atoms with Crippen LogP contribution in [-0.2, 0) is 4.74 Å². The Labute approximate surface area is 95.6 Å². The molecular formula is C12H18N2O2. The second-order valence-corrected chi connectivity index (χ2v) is 3.65. The second kappa shape index (κ2) is 6.25. The van der Waals surface area contributed by atoms with Crippen molar-refractivity contribution in [1.29, 1.82) is 0 Å². The molecule has 0 heterocycles. The van der Waals surface area contributed by atoms with E-state index in [4.69, 9.17) is 11.5 Å². The molecule has 4 nitrogen and oxygen atoms in total. The molecule has 0 bridgehead atoms. The van der Waals surface area contributed by atoms with E-state index in [1.54, 1.807) is 12.1 Å². The van der Waals surface area contributed by atoms with Gasteiger partial charge in [-0.25, -0.2) is 4.79 Å². The van der Waals surface area contributed by atoms with Gasteiger partial charge in [0.2, 0.25) is 0 Å². The molecule has 0 radical (unpaired) electrons. The van der Waals surface area contributed by atoms with Gasteiger partial charge in [-0.15, -0.1) is 0 Å². The highest BCUT2D eigenvalue weighted by atomic mass is 16.5. The van der Waals surface area contributed by atoms with Gasteiger partial charge in [0.05, 0.1) is 12.7 Å². The molecule has 0 spiro atoms. The topological polar surface area (TPSA) is 78.3 Å². The van der Waals surface area contributed by atoms with Crippen LogP contribution in [0.2, 0.25) is 0 Å². The first-order valence-electron chi connectivity index (χ1n) is 5.33. The summed E-state index contributed by atoms with van der Waals surface area (Å²) in [5.41, 5.74) is 12.9. The van der Waals surface area contributed by atoms with Crippen LogP contribution in [0.5, 0.6) is 0 Å². The molecule has 1 aromatic carbocycles. The molecule has 88 valence electrons. The summed E-state index contributed by atoms with van der Waals surface area (Å²) in [7, 11) is 1.36. The van der Waals surface area contributed by atoms with Crippen molar-refractivity contribution in [2.75, 3.05) is 13.7 Å². The maximum absolute atomic E-state index is 11.2. The minimum Gasteiger partial charge on any atom is -0.465 e. The van der Waals surface area contributed by atoms with Crippen LogP contribution in [0.15, 0.2) is 24.3 Å². The van der Waals surface area contributed by atoms with Crippen molar-refractivity contribution in [1.82, 2.24) is 0 Å². The van der Waals surface area contributed by atoms with Gasteiger partial charge in [-0.3, -0.25) is 0 Å². The van der Waals surface area contributed by atoms with Crippen LogP contribution in [0.1, 0.15) is 34.8 Å². The molecule has 4 heteroatoms. The number of hydrogen-bond acceptors (Lipinski definition) is 4. The van der Waals surface area contributed by atoms with Gasteiger partial charge < -0.3 is 16.2 Å². The molecular weight excluding hydrogens is 204 g/mol. The minimum absolute atomic E-state index is 0.0183. The predicted octanol–water partition coefficient (Wildman–Crippen LogP) is 1.21. The van der Waals surface area contributed by atoms with E-state index in [0.717, 1.165) is 18.4 Å². The Morgan fingerprint density at radius 3 is 2.50 bits per heavy atom. The van der Waals surface area contributed by atoms with Crippen molar-refractivity contribution in [2.24, 2.45) is 11.5 Å². The average molecular weight is 222 g/mol. The predicted molar refractivity (Wildman–Crippen MR) is 63.0 cm³/mol. The lowest BCUT2D eigenvalue weighted by atomic mass is 10.0. The van der Waals surface area contributed by atoms with Gasteiger partial charge in [0.15, 0.2) is 0 Å². The molecule has 4 N–H and O–H groups in total. The summed E-state index contributed by atoms with van der Waals surface area (Å²) in [4.78, 5) is 11.2. The van der Waals surface area contributed by atoms with Gasteiger partial charge in [0.25, 0.3) is 0 Å². The zero-order valence-electron chi connectivity index (χ0n) is 9.48. The first-order valence-corrected chi connectivity index (χ1v) is 5.33. The maximum atomic E-state index is 11.2. The molecule has 16 heavy (non-hydrogen) atoms. The van der Waals surface area contributed by atoms with Crippen molar-refractivity contribution in [3.63, 3.8) is 0 Å². The summed E-state index contributed by atoms with van der Waals surface area (Å²) in [6.45, 7) is 0.647. The van der Waals surface area contributed by atoms with Crippen molar-refractivity contribution >= 4 is 5.97 Å². The van der Waals surface area contributed by atoms with Crippen molar-refractivity contribution in [3.05, 3.63) is 35.4 Å². The SMILES string of the molecule is COC(=O)c1ccc([C@H](N)CCCN)cc1. The highest BCUT2D eigenvalue weighted by Gasteiger charge is 2.08. The van der Waals surface area contributed by atoms with Gasteiger partial charge in [-0.05, 0) is 37.1 Å². The van der Waals surface area contributed by atoms with Gasteiger partial charge in [0, 0.05) is 6.04 Å². The molecule has 1 rings (SSSR count). The fourth-order valence-electron chi connectivity index (χ4n) is 1.49. The van der Waals surface area contributed by atoms with Gasteiger partial charge in [-0.2, -0.15) is 0 Å². The highest BCUT2D eigenvalue weighted by Crippen LogP contribution is 2.16. The number of carbonyl (C=O) groups excluding carboxylic acids is 1. The Morgan fingerprint density at radius 2 is 2.00 bits per heavy atom. The number of ether oxygens (including phenoxy) is 1. The lowest BCUT2D eigenvalue weighted by Crippen LogP contribution is -2.12. The average Bonchev–Trinajstić information content (AvgIpc) is 2.35. The first-order chi connectivity index (χ1) is 7.69. The number of hydrogen-bond donors (Lipinski definition) is 2. The molecule has 1 atom stereocenters. The quantitative estimate of drug-likeness (QED) is 0.734. The van der Waals surface area contributed by atoms with Crippen molar-refractivity contribution in [3.8, 4) is 0 Å². The third-order valence-corrected chi connectivity index (χ3v) is 2.48. The Morgan fingerprint density at radius 1 is 1.38 bits per heavy atom. The zero-order valence-corrected chi connectivity index (χ0v) is 9.48. The minimum atomic E-state index is -0.331. The van der Waals surface area contributed by atoms with Gasteiger partial charge >= 0.3 is 5.97 Å². The van der Waals surface area contributed by atoms with E-state index in [9.17, 15) is 4.79 Å². The fourth-order valence-corrected chi connectivity index (χ4v) is 1.49. The van der Waals surface area contributed by atoms with Crippen LogP contribution in [-0.4, -0.2) is 19.6 Å². The molecule has 0 aliphatic heterocycles. The molecule has 1 aromatic rings. The molecule has 0 aliphatic rings. The first kappa shape index (κ1) is 12.7. The van der Waals surface area contributed by atoms with Crippen LogP contribution in [0, 0.1) is 0 Å². The fraction of sp³-hybridized carbons (Fsp3) is 0.417. The smallest absolute Gasteiger partial charge is 0.337 e. The van der Waals surface area contributed by atoms with Crippen LogP contribution in [0.3, 0.4) is 0 Å². The van der Waals surface area contributed by atoms with Crippen LogP contribution < -0.4 is 11.5 Å². The Balaban J connectivity index is 2.67. The maximum Gasteiger partial charge on any atom is 0.337 e. The standard InChI is InChI=1S/C12H18N2O2/c1-16-12(15)10-6-4-9(5-7-10)11(14)3-2-8-13/h4-7,11H,2-3,8,13-14H2,1H3/t11-/m1/s1. The second-order valence-electron chi connectivity index (χ2n) is 3.65. The summed E-state index contributed by atoms with van der Waals surface area (Å²) < 4.78 is 4.61. The summed E-state index contributed by atoms with van der Waals surface area (Å²) in [6, 6.07) is 7.14. The van der Waals surface area contributed by atoms with E-state index in [1.165, 1.54) is 7.11 Å². The number of benzene rings is 1. The number of rotatable bonds is 5. The number of methoxy groups -OCH3 is 1. The molecule has 0 fully saturated rings. The molecule has 0 aliphatic carbocycles. The van der Waals surface area contributed by atoms with Crippen LogP contribution in [0.25, 0.3) is 0 Å². The Bertz CT molecular complexity index is 335. The largest absolute Gasteiger partial charge is 0.465 e. The van der Waals surface area contributed by atoms with Gasteiger partial charge in [0.1, 0.15) is 0 Å². The highest BCUT2D eigenvalue weighted by molar-refractivity contribution is 5.89. The monoisotopic (exact) mass is 222 g/mol. The van der Waals surface area contributed by atoms with E-state index in [0.29, 0.717) is 12.1 Å². The Hall–Kier alpha value is -1.39. The van der Waals surface area contributed by atoms with Crippen molar-refractivity contribution in [2.45, 2.75) is 18.9 Å². The summed E-state index contributed by atoms with van der Waals surface area (Å²) >= 11 is 0. The molecule has 0 unspecified atom stereocenters. The zero-order chi connectivity index (χ0) is 12.0. The normalized spacial score (nSPS) is 12.2. The molecule has 0 amide bonds. The Kier molecular flexibility index (Phi) is 4.95. The molecule has 0 saturated carbocycles. The lowest BCUT2D eigenvalue weighted by molar-refractivity contribution is 0.0600.